The van der Waals surface area contributed by atoms with Crippen LogP contribution in [0.15, 0.2) is 12.3 Å². The maximum absolute atomic E-state index is 13.5. The van der Waals surface area contributed by atoms with Crippen LogP contribution in [-0.4, -0.2) is 59.3 Å². The molecule has 2 aliphatic heterocycles. The van der Waals surface area contributed by atoms with Gasteiger partial charge in [0.1, 0.15) is 18.5 Å². The minimum absolute atomic E-state index is 0.0858. The van der Waals surface area contributed by atoms with Crippen LogP contribution in [0.4, 0.5) is 18.0 Å². The van der Waals surface area contributed by atoms with Crippen molar-refractivity contribution in [3.63, 3.8) is 0 Å². The number of nitrogens with one attached hydrogen (secondary N) is 1. The number of hydrogen-bond donors (Lipinski definition) is 1. The number of alkyl carbamates (subject to hydrolysis) is 1. The minimum atomic E-state index is -4.57. The molecule has 1 N–H and O–H groups in total. The Balaban J connectivity index is 0.000000334. The van der Waals surface area contributed by atoms with Gasteiger partial charge in [0.2, 0.25) is 0 Å². The molecule has 0 aromatic carbocycles. The molecule has 2 aromatic heterocycles. The highest BCUT2D eigenvalue weighted by Crippen LogP contribution is 2.43. The Bertz CT molecular complexity index is 992. The number of cyclic esters (lactones) is 1. The molecule has 3 fully saturated rings. The molecule has 1 saturated carbocycles. The first kappa shape index (κ1) is 21.7. The lowest BCUT2D eigenvalue weighted by Gasteiger charge is -2.25. The third-order valence-corrected chi connectivity index (χ3v) is 5.46. The Morgan fingerprint density at radius 1 is 1.29 bits per heavy atom. The molecular formula is C19H20ClF3N4O4. The number of aromatic nitrogens is 2. The number of nitrogens with zero attached hydrogens (tertiary/aromatic N) is 3. The van der Waals surface area contributed by atoms with Gasteiger partial charge in [0.25, 0.3) is 5.91 Å². The van der Waals surface area contributed by atoms with Crippen LogP contribution < -0.4 is 5.32 Å². The third kappa shape index (κ3) is 4.72. The molecule has 31 heavy (non-hydrogen) atoms. The van der Waals surface area contributed by atoms with E-state index in [-0.39, 0.29) is 35.2 Å². The lowest BCUT2D eigenvalue weighted by molar-refractivity contribution is -0.136. The van der Waals surface area contributed by atoms with Crippen LogP contribution in [0.2, 0.25) is 5.15 Å². The lowest BCUT2D eigenvalue weighted by Crippen LogP contribution is -2.38. The largest absolute Gasteiger partial charge is 0.448 e. The summed E-state index contributed by atoms with van der Waals surface area (Å²) in [6.07, 6.45) is -0.944. The molecule has 0 unspecified atom stereocenters. The summed E-state index contributed by atoms with van der Waals surface area (Å²) in [5.41, 5.74) is -0.819. The number of rotatable bonds is 2. The number of carbonyl (C=O) groups excluding carboxylic acids is 2. The minimum Gasteiger partial charge on any atom is -0.448 e. The van der Waals surface area contributed by atoms with Gasteiger partial charge < -0.3 is 19.7 Å². The van der Waals surface area contributed by atoms with E-state index in [0.717, 1.165) is 18.9 Å². The second-order valence-corrected chi connectivity index (χ2v) is 7.78. The van der Waals surface area contributed by atoms with Crippen molar-refractivity contribution in [3.05, 3.63) is 34.2 Å². The van der Waals surface area contributed by atoms with Gasteiger partial charge in [-0.2, -0.15) is 13.2 Å². The van der Waals surface area contributed by atoms with E-state index in [9.17, 15) is 22.8 Å². The number of halogens is 4. The summed E-state index contributed by atoms with van der Waals surface area (Å²) in [5.74, 6) is -0.409. The Labute approximate surface area is 180 Å². The average Bonchev–Trinajstić information content (AvgIpc) is 3.41. The Kier molecular flexibility index (Phi) is 5.98. The van der Waals surface area contributed by atoms with Crippen LogP contribution in [0.1, 0.15) is 46.8 Å². The van der Waals surface area contributed by atoms with Crippen molar-refractivity contribution in [1.82, 2.24) is 19.6 Å². The molecule has 0 atom stereocenters. The average molecular weight is 461 g/mol. The van der Waals surface area contributed by atoms with Crippen molar-refractivity contribution in [2.24, 2.45) is 0 Å². The van der Waals surface area contributed by atoms with Gasteiger partial charge in [-0.15, -0.1) is 0 Å². The molecule has 5 rings (SSSR count). The zero-order valence-corrected chi connectivity index (χ0v) is 17.1. The van der Waals surface area contributed by atoms with Crippen molar-refractivity contribution in [2.75, 3.05) is 33.0 Å². The molecular weight excluding hydrogens is 441 g/mol. The molecule has 2 saturated heterocycles. The first-order valence-electron chi connectivity index (χ1n) is 9.82. The number of fused-ring (bicyclic) bond motifs is 1. The van der Waals surface area contributed by atoms with E-state index in [1.165, 1.54) is 9.30 Å². The summed E-state index contributed by atoms with van der Waals surface area (Å²) in [6, 6.07) is 1.12. The van der Waals surface area contributed by atoms with Gasteiger partial charge in [0.05, 0.1) is 18.7 Å². The number of hydrogen-bond acceptors (Lipinski definition) is 5. The fraction of sp³-hybridized carbons (Fsp3) is 0.526. The van der Waals surface area contributed by atoms with Crippen LogP contribution in [0, 0.1) is 0 Å². The van der Waals surface area contributed by atoms with E-state index in [1.807, 2.05) is 0 Å². The fourth-order valence-electron chi connectivity index (χ4n) is 3.38. The highest BCUT2D eigenvalue weighted by molar-refractivity contribution is 6.33. The van der Waals surface area contributed by atoms with Gasteiger partial charge in [-0.25, -0.2) is 9.78 Å². The monoisotopic (exact) mass is 460 g/mol. The standard InChI is InChI=1S/C16H15ClF3N3O2.C3H5NO2/c17-13-12(15(24)22-4-1-5-25-8-22)21-14-11(16(18,19)20)6-10(7-23(13)14)9-2-3-9;5-3-4-1-2-6-3/h6-7,9H,1-5,8H2;1-2H2,(H,4,5). The van der Waals surface area contributed by atoms with Gasteiger partial charge in [-0.05, 0) is 36.8 Å². The molecule has 168 valence electrons. The second kappa shape index (κ2) is 8.54. The van der Waals surface area contributed by atoms with Crippen LogP contribution >= 0.6 is 11.6 Å². The maximum Gasteiger partial charge on any atom is 0.419 e. The molecule has 3 aliphatic rings. The van der Waals surface area contributed by atoms with Crippen LogP contribution in [0.5, 0.6) is 0 Å². The summed E-state index contributed by atoms with van der Waals surface area (Å²) in [4.78, 5) is 27.8. The number of imidazole rings is 1. The van der Waals surface area contributed by atoms with E-state index in [4.69, 9.17) is 16.3 Å². The van der Waals surface area contributed by atoms with E-state index in [1.54, 1.807) is 6.20 Å². The molecule has 2 amide bonds. The predicted octanol–water partition coefficient (Wildman–Crippen LogP) is 3.43. The zero-order chi connectivity index (χ0) is 22.2. The van der Waals surface area contributed by atoms with Crippen molar-refractivity contribution < 1.29 is 32.2 Å². The van der Waals surface area contributed by atoms with Crippen LogP contribution in [-0.2, 0) is 15.7 Å². The maximum atomic E-state index is 13.5. The van der Waals surface area contributed by atoms with Crippen molar-refractivity contribution in [1.29, 1.82) is 0 Å². The van der Waals surface area contributed by atoms with E-state index in [0.29, 0.717) is 38.3 Å². The van der Waals surface area contributed by atoms with Crippen molar-refractivity contribution in [2.45, 2.75) is 31.4 Å². The molecule has 12 heteroatoms. The smallest absolute Gasteiger partial charge is 0.419 e. The van der Waals surface area contributed by atoms with Gasteiger partial charge in [-0.1, -0.05) is 11.6 Å². The van der Waals surface area contributed by atoms with E-state index >= 15 is 0 Å². The number of amides is 2. The quantitative estimate of drug-likeness (QED) is 0.742. The number of pyridine rings is 1. The van der Waals surface area contributed by atoms with Gasteiger partial charge in [0.15, 0.2) is 11.3 Å². The van der Waals surface area contributed by atoms with Gasteiger partial charge in [-0.3, -0.25) is 9.20 Å². The lowest BCUT2D eigenvalue weighted by atomic mass is 10.1. The van der Waals surface area contributed by atoms with Gasteiger partial charge >= 0.3 is 12.3 Å². The summed E-state index contributed by atoms with van der Waals surface area (Å²) in [6.45, 7) is 2.29. The summed E-state index contributed by atoms with van der Waals surface area (Å²) >= 11 is 6.24. The normalized spacial score (nSPS) is 19.0. The zero-order valence-electron chi connectivity index (χ0n) is 16.4. The Hall–Kier alpha value is -2.53. The third-order valence-electron chi connectivity index (χ3n) is 5.10. The van der Waals surface area contributed by atoms with Gasteiger partial charge in [0, 0.05) is 12.7 Å². The second-order valence-electron chi connectivity index (χ2n) is 7.43. The number of carbonyl (C=O) groups is 2. The molecule has 2 aromatic rings. The fourth-order valence-corrected chi connectivity index (χ4v) is 3.63. The summed E-state index contributed by atoms with van der Waals surface area (Å²) < 4.78 is 51.2. The van der Waals surface area contributed by atoms with Crippen molar-refractivity contribution in [3.8, 4) is 0 Å². The molecule has 8 nitrogen and oxygen atoms in total. The molecule has 1 aliphatic carbocycles. The first-order valence-corrected chi connectivity index (χ1v) is 10.2. The molecule has 0 bridgehead atoms. The van der Waals surface area contributed by atoms with Crippen LogP contribution in [0.25, 0.3) is 5.65 Å². The highest BCUT2D eigenvalue weighted by Gasteiger charge is 2.38. The predicted molar refractivity (Wildman–Crippen MR) is 103 cm³/mol. The van der Waals surface area contributed by atoms with E-state index < -0.39 is 17.6 Å². The number of alkyl halides is 3. The van der Waals surface area contributed by atoms with E-state index in [2.05, 4.69) is 15.0 Å². The Morgan fingerprint density at radius 2 is 2.06 bits per heavy atom. The molecule has 0 spiro atoms. The highest BCUT2D eigenvalue weighted by atomic mass is 35.5. The molecule has 0 radical (unpaired) electrons. The first-order chi connectivity index (χ1) is 14.8. The van der Waals surface area contributed by atoms with Crippen LogP contribution in [0.3, 0.4) is 0 Å². The summed E-state index contributed by atoms with van der Waals surface area (Å²) in [7, 11) is 0. The SMILES string of the molecule is O=C(c1nc2c(C(F)(F)F)cc(C3CC3)cn2c1Cl)N1CCCOC1.O=C1NCCO1. The topological polar surface area (TPSA) is 85.2 Å². The molecule has 4 heterocycles. The van der Waals surface area contributed by atoms with Crippen molar-refractivity contribution >= 4 is 29.2 Å². The number of ether oxygens (including phenoxy) is 2. The summed E-state index contributed by atoms with van der Waals surface area (Å²) in [5, 5.41) is 2.36. The Morgan fingerprint density at radius 3 is 2.58 bits per heavy atom.